The summed E-state index contributed by atoms with van der Waals surface area (Å²) in [4.78, 5) is 15.0. The number of aromatic nitrogens is 1. The number of rotatable bonds is 4. The lowest BCUT2D eigenvalue weighted by atomic mass is 9.95. The maximum atomic E-state index is 11.4. The average Bonchev–Trinajstić information content (AvgIpc) is 2.61. The van der Waals surface area contributed by atoms with E-state index < -0.39 is 0 Å². The van der Waals surface area contributed by atoms with Crippen molar-refractivity contribution in [1.29, 1.82) is 0 Å². The predicted octanol–water partition coefficient (Wildman–Crippen LogP) is 4.58. The molecule has 0 amide bonds. The van der Waals surface area contributed by atoms with E-state index in [4.69, 9.17) is 0 Å². The molecule has 3 rings (SSSR count). The number of nitro benzene ring substituents is 1. The van der Waals surface area contributed by atoms with E-state index in [1.807, 2.05) is 54.6 Å². The van der Waals surface area contributed by atoms with Gasteiger partial charge in [-0.2, -0.15) is 0 Å². The van der Waals surface area contributed by atoms with Crippen LogP contribution in [0.15, 0.2) is 79.1 Å². The Morgan fingerprint density at radius 3 is 2.26 bits per heavy atom. The molecule has 0 spiro atoms. The molecular weight excluding hydrogens is 288 g/mol. The van der Waals surface area contributed by atoms with Crippen LogP contribution in [0.5, 0.6) is 0 Å². The summed E-state index contributed by atoms with van der Waals surface area (Å²) in [6.07, 6.45) is 5.32. The molecule has 0 aliphatic carbocycles. The van der Waals surface area contributed by atoms with Gasteiger partial charge < -0.3 is 0 Å². The summed E-state index contributed by atoms with van der Waals surface area (Å²) < 4.78 is 0. The largest absolute Gasteiger partial charge is 0.277 e. The van der Waals surface area contributed by atoms with Crippen LogP contribution in [-0.2, 0) is 0 Å². The fourth-order valence-electron chi connectivity index (χ4n) is 2.42. The number of hydrogen-bond acceptors (Lipinski definition) is 3. The molecule has 0 aliphatic rings. The van der Waals surface area contributed by atoms with Crippen LogP contribution in [0.3, 0.4) is 0 Å². The Hall–Kier alpha value is -3.27. The minimum atomic E-state index is -0.352. The van der Waals surface area contributed by atoms with Crippen LogP contribution in [0, 0.1) is 10.1 Å². The Bertz CT molecular complexity index is 844. The predicted molar refractivity (Wildman–Crippen MR) is 90.7 cm³/mol. The van der Waals surface area contributed by atoms with E-state index in [0.717, 1.165) is 16.7 Å². The molecule has 0 bridgehead atoms. The van der Waals surface area contributed by atoms with Crippen LogP contribution in [0.1, 0.15) is 16.7 Å². The van der Waals surface area contributed by atoms with Gasteiger partial charge in [0.1, 0.15) is 0 Å². The molecule has 0 fully saturated rings. The zero-order valence-electron chi connectivity index (χ0n) is 12.3. The highest BCUT2D eigenvalue weighted by Crippen LogP contribution is 2.32. The van der Waals surface area contributed by atoms with Crippen LogP contribution in [0.4, 0.5) is 5.69 Å². The third-order valence-electron chi connectivity index (χ3n) is 3.49. The standard InChI is InChI=1S/C19H14N2O2/c22-21(23)19-9-5-4-8-17(19)18(16-10-12-20-13-11-16)14-15-6-2-1-3-7-15/h1-14H. The molecule has 4 heteroatoms. The number of nitrogens with zero attached hydrogens (tertiary/aromatic N) is 2. The van der Waals surface area contributed by atoms with Gasteiger partial charge in [-0.25, -0.2) is 0 Å². The molecule has 0 radical (unpaired) electrons. The molecule has 0 N–H and O–H groups in total. The molecular formula is C19H14N2O2. The quantitative estimate of drug-likeness (QED) is 0.403. The van der Waals surface area contributed by atoms with E-state index in [9.17, 15) is 10.1 Å². The maximum absolute atomic E-state index is 11.4. The summed E-state index contributed by atoms with van der Waals surface area (Å²) in [7, 11) is 0. The SMILES string of the molecule is O=[N+]([O-])c1ccccc1C(=Cc1ccccc1)c1ccncc1. The summed E-state index contributed by atoms with van der Waals surface area (Å²) in [6, 6.07) is 20.2. The van der Waals surface area contributed by atoms with Crippen LogP contribution >= 0.6 is 0 Å². The Balaban J connectivity index is 2.22. The maximum Gasteiger partial charge on any atom is 0.277 e. The minimum absolute atomic E-state index is 0.0893. The summed E-state index contributed by atoms with van der Waals surface area (Å²) in [5.41, 5.74) is 3.35. The molecule has 0 unspecified atom stereocenters. The van der Waals surface area contributed by atoms with Gasteiger partial charge in [0.15, 0.2) is 0 Å². The third-order valence-corrected chi connectivity index (χ3v) is 3.49. The number of hydrogen-bond donors (Lipinski definition) is 0. The molecule has 3 aromatic rings. The lowest BCUT2D eigenvalue weighted by Crippen LogP contribution is -1.96. The van der Waals surface area contributed by atoms with Gasteiger partial charge in [0, 0.05) is 18.5 Å². The van der Waals surface area contributed by atoms with Gasteiger partial charge in [-0.05, 0) is 41.0 Å². The highest BCUT2D eigenvalue weighted by atomic mass is 16.6. The van der Waals surface area contributed by atoms with Gasteiger partial charge in [-0.3, -0.25) is 15.1 Å². The smallest absolute Gasteiger partial charge is 0.265 e. The summed E-state index contributed by atoms with van der Waals surface area (Å²) in [5, 5.41) is 11.4. The molecule has 112 valence electrons. The zero-order chi connectivity index (χ0) is 16.1. The number of para-hydroxylation sites is 1. The molecule has 0 saturated carbocycles. The summed E-state index contributed by atoms with van der Waals surface area (Å²) in [6.45, 7) is 0. The van der Waals surface area contributed by atoms with Crippen molar-refractivity contribution in [2.24, 2.45) is 0 Å². The Morgan fingerprint density at radius 1 is 0.913 bits per heavy atom. The van der Waals surface area contributed by atoms with Crippen molar-refractivity contribution in [1.82, 2.24) is 4.98 Å². The van der Waals surface area contributed by atoms with E-state index in [1.54, 1.807) is 24.5 Å². The molecule has 1 aromatic heterocycles. The van der Waals surface area contributed by atoms with Crippen LogP contribution in [0.2, 0.25) is 0 Å². The van der Waals surface area contributed by atoms with Crippen LogP contribution in [0.25, 0.3) is 11.6 Å². The Morgan fingerprint density at radius 2 is 1.57 bits per heavy atom. The summed E-state index contributed by atoms with van der Waals surface area (Å²) in [5.74, 6) is 0. The topological polar surface area (TPSA) is 56.0 Å². The van der Waals surface area contributed by atoms with Gasteiger partial charge in [0.2, 0.25) is 0 Å². The fourth-order valence-corrected chi connectivity index (χ4v) is 2.42. The molecule has 0 atom stereocenters. The van der Waals surface area contributed by atoms with Crippen molar-refractivity contribution in [3.05, 3.63) is 106 Å². The molecule has 1 heterocycles. The second kappa shape index (κ2) is 6.66. The average molecular weight is 302 g/mol. The third kappa shape index (κ3) is 3.32. The highest BCUT2D eigenvalue weighted by Gasteiger charge is 2.17. The van der Waals surface area contributed by atoms with Crippen LogP contribution in [-0.4, -0.2) is 9.91 Å². The minimum Gasteiger partial charge on any atom is -0.265 e. The summed E-state index contributed by atoms with van der Waals surface area (Å²) >= 11 is 0. The van der Waals surface area contributed by atoms with Crippen molar-refractivity contribution < 1.29 is 4.92 Å². The van der Waals surface area contributed by atoms with E-state index in [1.165, 1.54) is 6.07 Å². The number of nitro groups is 1. The van der Waals surface area contributed by atoms with E-state index >= 15 is 0 Å². The number of pyridine rings is 1. The van der Waals surface area contributed by atoms with Crippen molar-refractivity contribution >= 4 is 17.3 Å². The van der Waals surface area contributed by atoms with E-state index in [2.05, 4.69) is 4.98 Å². The van der Waals surface area contributed by atoms with Crippen molar-refractivity contribution in [3.63, 3.8) is 0 Å². The zero-order valence-corrected chi connectivity index (χ0v) is 12.3. The second-order valence-electron chi connectivity index (χ2n) is 4.98. The fraction of sp³-hybridized carbons (Fsp3) is 0. The first kappa shape index (κ1) is 14.7. The van der Waals surface area contributed by atoms with E-state index in [-0.39, 0.29) is 10.6 Å². The van der Waals surface area contributed by atoms with Gasteiger partial charge in [-0.1, -0.05) is 42.5 Å². The lowest BCUT2D eigenvalue weighted by Gasteiger charge is -2.09. The second-order valence-corrected chi connectivity index (χ2v) is 4.98. The molecule has 0 saturated heterocycles. The van der Waals surface area contributed by atoms with E-state index in [0.29, 0.717) is 5.56 Å². The monoisotopic (exact) mass is 302 g/mol. The van der Waals surface area contributed by atoms with Crippen molar-refractivity contribution in [2.45, 2.75) is 0 Å². The lowest BCUT2D eigenvalue weighted by molar-refractivity contribution is -0.385. The normalized spacial score (nSPS) is 11.2. The molecule has 23 heavy (non-hydrogen) atoms. The van der Waals surface area contributed by atoms with Crippen molar-refractivity contribution in [3.8, 4) is 0 Å². The first-order valence-electron chi connectivity index (χ1n) is 7.16. The van der Waals surface area contributed by atoms with Gasteiger partial charge in [0.05, 0.1) is 10.5 Å². The molecule has 4 nitrogen and oxygen atoms in total. The van der Waals surface area contributed by atoms with Crippen LogP contribution < -0.4 is 0 Å². The number of benzene rings is 2. The van der Waals surface area contributed by atoms with Gasteiger partial charge in [0.25, 0.3) is 5.69 Å². The van der Waals surface area contributed by atoms with Gasteiger partial charge >= 0.3 is 0 Å². The molecule has 0 aliphatic heterocycles. The van der Waals surface area contributed by atoms with Crippen molar-refractivity contribution in [2.75, 3.05) is 0 Å². The highest BCUT2D eigenvalue weighted by molar-refractivity contribution is 5.94. The first-order chi connectivity index (χ1) is 11.3. The Labute approximate surface area is 133 Å². The molecule has 2 aromatic carbocycles. The van der Waals surface area contributed by atoms with Gasteiger partial charge in [-0.15, -0.1) is 0 Å². The first-order valence-corrected chi connectivity index (χ1v) is 7.16. The Kier molecular flexibility index (Phi) is 4.25.